The molecule has 6 heteroatoms. The van der Waals surface area contributed by atoms with Gasteiger partial charge in [-0.25, -0.2) is 4.79 Å². The molecule has 1 saturated heterocycles. The molecule has 27 heavy (non-hydrogen) atoms. The second-order valence-electron chi connectivity index (χ2n) is 8.47. The Morgan fingerprint density at radius 1 is 1.19 bits per heavy atom. The third-order valence-corrected chi connectivity index (χ3v) is 4.58. The number of amides is 2. The number of likely N-dealkylation sites (tertiary alicyclic amines) is 1. The number of piperidine rings is 1. The van der Waals surface area contributed by atoms with Crippen LogP contribution in [0.2, 0.25) is 0 Å². The zero-order chi connectivity index (χ0) is 19.9. The summed E-state index contributed by atoms with van der Waals surface area (Å²) in [6.45, 7) is 8.94. The molecule has 1 aromatic rings. The Kier molecular flexibility index (Phi) is 7.66. The number of likely N-dealkylation sites (N-methyl/N-ethyl adjacent to an activating group) is 1. The van der Waals surface area contributed by atoms with Crippen LogP contribution in [0.1, 0.15) is 39.2 Å². The monoisotopic (exact) mass is 375 g/mol. The van der Waals surface area contributed by atoms with Crippen LogP contribution in [-0.4, -0.2) is 60.6 Å². The summed E-state index contributed by atoms with van der Waals surface area (Å²) in [4.78, 5) is 28.1. The van der Waals surface area contributed by atoms with Crippen molar-refractivity contribution in [3.63, 3.8) is 0 Å². The molecule has 0 radical (unpaired) electrons. The van der Waals surface area contributed by atoms with Gasteiger partial charge in [0.1, 0.15) is 6.61 Å². The van der Waals surface area contributed by atoms with E-state index in [0.29, 0.717) is 32.2 Å². The van der Waals surface area contributed by atoms with Gasteiger partial charge in [0.25, 0.3) is 0 Å². The lowest BCUT2D eigenvalue weighted by Gasteiger charge is -2.33. The number of hydrogen-bond donors (Lipinski definition) is 1. The molecule has 1 aliphatic heterocycles. The number of nitrogens with one attached hydrogen (secondary N) is 1. The van der Waals surface area contributed by atoms with Gasteiger partial charge in [0.2, 0.25) is 5.91 Å². The fourth-order valence-corrected chi connectivity index (χ4v) is 3.32. The number of hydrogen-bond acceptors (Lipinski definition) is 4. The minimum absolute atomic E-state index is 0.0481. The van der Waals surface area contributed by atoms with E-state index in [0.717, 1.165) is 24.9 Å². The average molecular weight is 376 g/mol. The van der Waals surface area contributed by atoms with E-state index in [2.05, 4.69) is 10.2 Å². The molecule has 0 bridgehead atoms. The molecule has 1 N–H and O–H groups in total. The van der Waals surface area contributed by atoms with Gasteiger partial charge in [-0.05, 0) is 52.1 Å². The minimum atomic E-state index is -0.241. The van der Waals surface area contributed by atoms with E-state index in [-0.39, 0.29) is 17.5 Å². The Hall–Kier alpha value is -2.08. The van der Waals surface area contributed by atoms with Crippen LogP contribution in [0.4, 0.5) is 4.79 Å². The average Bonchev–Trinajstić information content (AvgIpc) is 2.59. The molecule has 0 saturated carbocycles. The van der Waals surface area contributed by atoms with Crippen LogP contribution in [0.5, 0.6) is 0 Å². The van der Waals surface area contributed by atoms with Crippen LogP contribution in [0.15, 0.2) is 30.3 Å². The smallest absolute Gasteiger partial charge is 0.410 e. The fraction of sp³-hybridized carbons (Fsp3) is 0.619. The lowest BCUT2D eigenvalue weighted by atomic mass is 9.96. The van der Waals surface area contributed by atoms with E-state index in [1.807, 2.05) is 58.2 Å². The lowest BCUT2D eigenvalue weighted by Crippen LogP contribution is -2.46. The second kappa shape index (κ2) is 9.74. The van der Waals surface area contributed by atoms with Crippen LogP contribution in [-0.2, 0) is 16.1 Å². The van der Waals surface area contributed by atoms with Crippen molar-refractivity contribution in [2.24, 2.45) is 5.92 Å². The van der Waals surface area contributed by atoms with Crippen molar-refractivity contribution in [1.29, 1.82) is 0 Å². The highest BCUT2D eigenvalue weighted by Gasteiger charge is 2.25. The molecule has 6 nitrogen and oxygen atoms in total. The Morgan fingerprint density at radius 3 is 2.41 bits per heavy atom. The van der Waals surface area contributed by atoms with Gasteiger partial charge in [-0.3, -0.25) is 9.69 Å². The molecule has 0 aliphatic carbocycles. The predicted octanol–water partition coefficient (Wildman–Crippen LogP) is 2.88. The molecule has 0 unspecified atom stereocenters. The zero-order valence-corrected chi connectivity index (χ0v) is 17.0. The maximum absolute atomic E-state index is 12.2. The maximum atomic E-state index is 12.2. The highest BCUT2D eigenvalue weighted by atomic mass is 16.6. The van der Waals surface area contributed by atoms with E-state index in [9.17, 15) is 9.59 Å². The number of rotatable bonds is 6. The van der Waals surface area contributed by atoms with Crippen molar-refractivity contribution < 1.29 is 14.3 Å². The van der Waals surface area contributed by atoms with Gasteiger partial charge in [-0.1, -0.05) is 30.3 Å². The van der Waals surface area contributed by atoms with Crippen molar-refractivity contribution in [3.8, 4) is 0 Å². The highest BCUT2D eigenvalue weighted by molar-refractivity contribution is 5.78. The van der Waals surface area contributed by atoms with Gasteiger partial charge in [0.05, 0.1) is 6.54 Å². The summed E-state index contributed by atoms with van der Waals surface area (Å²) < 4.78 is 5.41. The number of benzene rings is 1. The molecule has 0 aromatic heterocycles. The molecular weight excluding hydrogens is 342 g/mol. The van der Waals surface area contributed by atoms with Crippen LogP contribution in [0, 0.1) is 5.92 Å². The SMILES string of the molecule is CN(CC(=O)NC(C)(C)C)CC1CCN(C(=O)OCc2ccccc2)CC1. The van der Waals surface area contributed by atoms with Gasteiger partial charge in [-0.15, -0.1) is 0 Å². The van der Waals surface area contributed by atoms with E-state index >= 15 is 0 Å². The fourth-order valence-electron chi connectivity index (χ4n) is 3.32. The second-order valence-corrected chi connectivity index (χ2v) is 8.47. The van der Waals surface area contributed by atoms with E-state index < -0.39 is 0 Å². The highest BCUT2D eigenvalue weighted by Crippen LogP contribution is 2.19. The van der Waals surface area contributed by atoms with Gasteiger partial charge in [-0.2, -0.15) is 0 Å². The molecular formula is C21H33N3O3. The molecule has 1 aliphatic rings. The molecule has 1 heterocycles. The molecule has 0 spiro atoms. The van der Waals surface area contributed by atoms with Crippen molar-refractivity contribution in [2.45, 2.75) is 45.8 Å². The number of carbonyl (C=O) groups excluding carboxylic acids is 2. The first-order valence-electron chi connectivity index (χ1n) is 9.68. The zero-order valence-electron chi connectivity index (χ0n) is 17.0. The van der Waals surface area contributed by atoms with E-state index in [4.69, 9.17) is 4.74 Å². The molecule has 1 fully saturated rings. The topological polar surface area (TPSA) is 61.9 Å². The van der Waals surface area contributed by atoms with Crippen molar-refractivity contribution in [1.82, 2.24) is 15.1 Å². The largest absolute Gasteiger partial charge is 0.445 e. The summed E-state index contributed by atoms with van der Waals surface area (Å²) in [6, 6.07) is 9.72. The Labute approximate surface area is 162 Å². The summed E-state index contributed by atoms with van der Waals surface area (Å²) in [5, 5.41) is 2.99. The third-order valence-electron chi connectivity index (χ3n) is 4.58. The van der Waals surface area contributed by atoms with E-state index in [1.165, 1.54) is 0 Å². The molecule has 150 valence electrons. The number of nitrogens with zero attached hydrogens (tertiary/aromatic N) is 2. The number of ether oxygens (including phenoxy) is 1. The Balaban J connectivity index is 1.67. The molecule has 2 amide bonds. The van der Waals surface area contributed by atoms with Crippen molar-refractivity contribution in [3.05, 3.63) is 35.9 Å². The first-order valence-corrected chi connectivity index (χ1v) is 9.68. The summed E-state index contributed by atoms with van der Waals surface area (Å²) in [6.07, 6.45) is 1.63. The van der Waals surface area contributed by atoms with Crippen LogP contribution in [0.3, 0.4) is 0 Å². The predicted molar refractivity (Wildman–Crippen MR) is 106 cm³/mol. The van der Waals surface area contributed by atoms with Crippen LogP contribution >= 0.6 is 0 Å². The van der Waals surface area contributed by atoms with Gasteiger partial charge >= 0.3 is 6.09 Å². The van der Waals surface area contributed by atoms with Crippen molar-refractivity contribution >= 4 is 12.0 Å². The minimum Gasteiger partial charge on any atom is -0.445 e. The maximum Gasteiger partial charge on any atom is 0.410 e. The standard InChI is InChI=1S/C21H33N3O3/c1-21(2,3)22-19(25)15-23(4)14-17-10-12-24(13-11-17)20(26)27-16-18-8-6-5-7-9-18/h5-9,17H,10-16H2,1-4H3,(H,22,25). The molecule has 0 atom stereocenters. The normalized spacial score (nSPS) is 15.7. The quantitative estimate of drug-likeness (QED) is 0.830. The Morgan fingerprint density at radius 2 is 1.81 bits per heavy atom. The van der Waals surface area contributed by atoms with Crippen LogP contribution in [0.25, 0.3) is 0 Å². The molecule has 2 rings (SSSR count). The first kappa shape index (κ1) is 21.2. The van der Waals surface area contributed by atoms with E-state index in [1.54, 1.807) is 4.90 Å². The Bertz CT molecular complexity index is 605. The van der Waals surface area contributed by atoms with Crippen molar-refractivity contribution in [2.75, 3.05) is 33.2 Å². The summed E-state index contributed by atoms with van der Waals surface area (Å²) in [5.74, 6) is 0.544. The summed E-state index contributed by atoms with van der Waals surface area (Å²) in [5.41, 5.74) is 0.791. The first-order chi connectivity index (χ1) is 12.7. The molecule has 1 aromatic carbocycles. The van der Waals surface area contributed by atoms with Gasteiger partial charge < -0.3 is 15.0 Å². The summed E-state index contributed by atoms with van der Waals surface area (Å²) in [7, 11) is 1.97. The summed E-state index contributed by atoms with van der Waals surface area (Å²) >= 11 is 0. The third kappa shape index (κ3) is 7.99. The van der Waals surface area contributed by atoms with Crippen LogP contribution < -0.4 is 5.32 Å². The lowest BCUT2D eigenvalue weighted by molar-refractivity contribution is -0.123. The van der Waals surface area contributed by atoms with Gasteiger partial charge in [0, 0.05) is 25.2 Å². The van der Waals surface area contributed by atoms with Gasteiger partial charge in [0.15, 0.2) is 0 Å². The number of carbonyl (C=O) groups is 2.